The Morgan fingerprint density at radius 1 is 1.08 bits per heavy atom. The minimum Gasteiger partial charge on any atom is -0.459 e. The Bertz CT molecular complexity index is 843. The molecule has 0 radical (unpaired) electrons. The Morgan fingerprint density at radius 2 is 1.88 bits per heavy atom. The van der Waals surface area contributed by atoms with Crippen LogP contribution in [-0.4, -0.2) is 22.8 Å². The van der Waals surface area contributed by atoms with Crippen LogP contribution >= 0.6 is 0 Å². The molecule has 0 spiro atoms. The number of rotatable bonds is 6. The number of hydrogen-bond donors (Lipinski definition) is 2. The summed E-state index contributed by atoms with van der Waals surface area (Å²) in [6.07, 6.45) is 3.66. The molecule has 126 valence electrons. The van der Waals surface area contributed by atoms with E-state index in [-0.39, 0.29) is 11.5 Å². The predicted octanol–water partition coefficient (Wildman–Crippen LogP) is 3.03. The highest BCUT2D eigenvalue weighted by Crippen LogP contribution is 2.11. The van der Waals surface area contributed by atoms with Crippen LogP contribution in [0.5, 0.6) is 0 Å². The lowest BCUT2D eigenvalue weighted by Crippen LogP contribution is -2.46. The zero-order chi connectivity index (χ0) is 17.6. The van der Waals surface area contributed by atoms with Crippen molar-refractivity contribution in [1.29, 1.82) is 0 Å². The number of amides is 1. The summed E-state index contributed by atoms with van der Waals surface area (Å²) in [4.78, 5) is 29.1. The maximum absolute atomic E-state index is 12.8. The average Bonchev–Trinajstić information content (AvgIpc) is 3.17. The molecule has 0 fully saturated rings. The zero-order valence-corrected chi connectivity index (χ0v) is 13.6. The van der Waals surface area contributed by atoms with Crippen LogP contribution in [0.1, 0.15) is 26.5 Å². The number of Topliss-reactive ketones (excluding diaryl/α,β-unsaturated/α-hetero) is 1. The Hall–Kier alpha value is -3.41. The smallest absolute Gasteiger partial charge is 0.288 e. The van der Waals surface area contributed by atoms with E-state index < -0.39 is 12.1 Å². The van der Waals surface area contributed by atoms with E-state index in [9.17, 15) is 9.59 Å². The van der Waals surface area contributed by atoms with Crippen molar-refractivity contribution in [1.82, 2.24) is 10.3 Å². The number of nitrogens with one attached hydrogen (secondary N) is 2. The van der Waals surface area contributed by atoms with Crippen LogP contribution in [0, 0.1) is 6.92 Å². The summed E-state index contributed by atoms with van der Waals surface area (Å²) in [5, 5.41) is 5.66. The van der Waals surface area contributed by atoms with Gasteiger partial charge >= 0.3 is 0 Å². The number of anilines is 1. The Labute approximate surface area is 144 Å². The first-order valence-corrected chi connectivity index (χ1v) is 7.75. The lowest BCUT2D eigenvalue weighted by molar-refractivity contribution is 0.0853. The topological polar surface area (TPSA) is 84.2 Å². The number of ketones is 1. The van der Waals surface area contributed by atoms with Gasteiger partial charge in [0.05, 0.1) is 12.0 Å². The van der Waals surface area contributed by atoms with Crippen LogP contribution in [0.15, 0.2) is 71.6 Å². The number of pyridine rings is 1. The number of furan rings is 1. The molecule has 0 saturated carbocycles. The second-order valence-corrected chi connectivity index (χ2v) is 5.50. The molecule has 3 aromatic rings. The molecule has 25 heavy (non-hydrogen) atoms. The van der Waals surface area contributed by atoms with Gasteiger partial charge in [0.2, 0.25) is 5.78 Å². The molecule has 0 aliphatic heterocycles. The van der Waals surface area contributed by atoms with Crippen molar-refractivity contribution in [2.75, 3.05) is 5.32 Å². The molecule has 6 heteroatoms. The summed E-state index contributed by atoms with van der Waals surface area (Å²) in [5.41, 5.74) is 2.16. The van der Waals surface area contributed by atoms with Gasteiger partial charge in [-0.2, -0.15) is 0 Å². The molecule has 1 atom stereocenters. The van der Waals surface area contributed by atoms with Crippen molar-refractivity contribution in [3.05, 3.63) is 84.1 Å². The van der Waals surface area contributed by atoms with Gasteiger partial charge in [0.15, 0.2) is 11.9 Å². The molecule has 1 amide bonds. The molecule has 6 nitrogen and oxygen atoms in total. The number of nitrogens with zero attached hydrogens (tertiary/aromatic N) is 1. The molecule has 0 saturated heterocycles. The standard InChI is InChI=1S/C19H17N3O3/c1-13-6-8-14(9-7-13)17(23)18(21-15-4-2-10-20-12-15)22-19(24)16-5-3-11-25-16/h2-12,18,21H,1H3,(H,22,24). The van der Waals surface area contributed by atoms with Gasteiger partial charge in [0.25, 0.3) is 5.91 Å². The predicted molar refractivity (Wildman–Crippen MR) is 93.3 cm³/mol. The van der Waals surface area contributed by atoms with Gasteiger partial charge in [0, 0.05) is 18.0 Å². The maximum Gasteiger partial charge on any atom is 0.288 e. The minimum atomic E-state index is -0.954. The van der Waals surface area contributed by atoms with E-state index in [2.05, 4.69) is 15.6 Å². The normalized spacial score (nSPS) is 11.6. The van der Waals surface area contributed by atoms with E-state index in [4.69, 9.17) is 4.42 Å². The zero-order valence-electron chi connectivity index (χ0n) is 13.6. The Balaban J connectivity index is 1.84. The van der Waals surface area contributed by atoms with Gasteiger partial charge in [-0.05, 0) is 31.2 Å². The molecule has 1 unspecified atom stereocenters. The average molecular weight is 335 g/mol. The Kier molecular flexibility index (Phi) is 4.89. The fraction of sp³-hybridized carbons (Fsp3) is 0.105. The SMILES string of the molecule is Cc1ccc(C(=O)C(NC(=O)c2ccco2)Nc2cccnc2)cc1. The highest BCUT2D eigenvalue weighted by atomic mass is 16.3. The van der Waals surface area contributed by atoms with Crippen LogP contribution in [0.2, 0.25) is 0 Å². The second kappa shape index (κ2) is 7.44. The first-order valence-electron chi connectivity index (χ1n) is 7.75. The van der Waals surface area contributed by atoms with Crippen molar-refractivity contribution in [2.45, 2.75) is 13.1 Å². The van der Waals surface area contributed by atoms with Gasteiger partial charge in [-0.3, -0.25) is 14.6 Å². The molecule has 0 aliphatic carbocycles. The van der Waals surface area contributed by atoms with Crippen molar-refractivity contribution >= 4 is 17.4 Å². The van der Waals surface area contributed by atoms with Gasteiger partial charge in [-0.25, -0.2) is 0 Å². The van der Waals surface area contributed by atoms with E-state index in [0.717, 1.165) is 5.56 Å². The third-order valence-corrected chi connectivity index (χ3v) is 3.59. The number of aryl methyl sites for hydroxylation is 1. The summed E-state index contributed by atoms with van der Waals surface area (Å²) in [6, 6.07) is 13.8. The van der Waals surface area contributed by atoms with E-state index >= 15 is 0 Å². The van der Waals surface area contributed by atoms with Crippen LogP contribution in [0.3, 0.4) is 0 Å². The lowest BCUT2D eigenvalue weighted by Gasteiger charge is -2.19. The van der Waals surface area contributed by atoms with Gasteiger partial charge in [0.1, 0.15) is 0 Å². The molecular formula is C19H17N3O3. The van der Waals surface area contributed by atoms with Crippen LogP contribution in [0.4, 0.5) is 5.69 Å². The number of carbonyl (C=O) groups is 2. The van der Waals surface area contributed by atoms with Crippen molar-refractivity contribution < 1.29 is 14.0 Å². The number of aromatic nitrogens is 1. The van der Waals surface area contributed by atoms with Gasteiger partial charge in [-0.1, -0.05) is 29.8 Å². The highest BCUT2D eigenvalue weighted by Gasteiger charge is 2.23. The third kappa shape index (κ3) is 4.11. The molecule has 2 N–H and O–H groups in total. The fourth-order valence-electron chi connectivity index (χ4n) is 2.28. The van der Waals surface area contributed by atoms with Crippen molar-refractivity contribution in [3.8, 4) is 0 Å². The summed E-state index contributed by atoms with van der Waals surface area (Å²) < 4.78 is 5.08. The third-order valence-electron chi connectivity index (χ3n) is 3.59. The van der Waals surface area contributed by atoms with Gasteiger partial charge in [-0.15, -0.1) is 0 Å². The molecule has 3 rings (SSSR count). The van der Waals surface area contributed by atoms with E-state index in [0.29, 0.717) is 11.3 Å². The summed E-state index contributed by atoms with van der Waals surface area (Å²) >= 11 is 0. The monoisotopic (exact) mass is 335 g/mol. The fourth-order valence-corrected chi connectivity index (χ4v) is 2.28. The molecule has 1 aromatic carbocycles. The number of hydrogen-bond acceptors (Lipinski definition) is 5. The van der Waals surface area contributed by atoms with Crippen LogP contribution in [0.25, 0.3) is 0 Å². The maximum atomic E-state index is 12.8. The molecule has 0 aliphatic rings. The number of carbonyl (C=O) groups excluding carboxylic acids is 2. The van der Waals surface area contributed by atoms with Crippen LogP contribution < -0.4 is 10.6 Å². The summed E-state index contributed by atoms with van der Waals surface area (Å²) in [6.45, 7) is 1.94. The van der Waals surface area contributed by atoms with Crippen molar-refractivity contribution in [3.63, 3.8) is 0 Å². The largest absolute Gasteiger partial charge is 0.459 e. The summed E-state index contributed by atoms with van der Waals surface area (Å²) in [7, 11) is 0. The van der Waals surface area contributed by atoms with Crippen molar-refractivity contribution in [2.24, 2.45) is 0 Å². The second-order valence-electron chi connectivity index (χ2n) is 5.50. The molecule has 2 heterocycles. The quantitative estimate of drug-likeness (QED) is 0.534. The van der Waals surface area contributed by atoms with E-state index in [1.807, 2.05) is 19.1 Å². The molecular weight excluding hydrogens is 318 g/mol. The molecule has 2 aromatic heterocycles. The highest BCUT2D eigenvalue weighted by molar-refractivity contribution is 6.04. The lowest BCUT2D eigenvalue weighted by atomic mass is 10.1. The first-order chi connectivity index (χ1) is 12.1. The van der Waals surface area contributed by atoms with E-state index in [1.165, 1.54) is 12.3 Å². The minimum absolute atomic E-state index is 0.134. The van der Waals surface area contributed by atoms with Crippen LogP contribution in [-0.2, 0) is 0 Å². The van der Waals surface area contributed by atoms with Gasteiger partial charge < -0.3 is 15.1 Å². The number of benzene rings is 1. The Morgan fingerprint density at radius 3 is 2.52 bits per heavy atom. The molecule has 0 bridgehead atoms. The summed E-state index contributed by atoms with van der Waals surface area (Å²) in [5.74, 6) is -0.606. The first kappa shape index (κ1) is 16.4. The van der Waals surface area contributed by atoms with E-state index in [1.54, 1.807) is 42.7 Å².